The molecule has 2 aromatic rings. The first kappa shape index (κ1) is 18.4. The molecule has 0 amide bonds. The molecule has 0 aliphatic carbocycles. The highest BCUT2D eigenvalue weighted by Crippen LogP contribution is 2.15. The molecule has 24 heavy (non-hydrogen) atoms. The number of para-hydroxylation sites is 1. The fourth-order valence-electron chi connectivity index (χ4n) is 2.36. The number of aliphatic hydroxyl groups excluding tert-OH is 1. The molecule has 2 aromatic carbocycles. The molecule has 130 valence electrons. The standard InChI is InChI=1S/C19H23F2NO2/c1-14(2)22(11-15-8-9-16(20)10-19(15)21)12-17(23)13-24-18-6-4-3-5-7-18/h3-10,14,17,23H,11-13H2,1-2H3. The summed E-state index contributed by atoms with van der Waals surface area (Å²) in [6.07, 6.45) is -0.712. The highest BCUT2D eigenvalue weighted by molar-refractivity contribution is 5.21. The van der Waals surface area contributed by atoms with Gasteiger partial charge in [-0.15, -0.1) is 0 Å². The lowest BCUT2D eigenvalue weighted by Gasteiger charge is -2.29. The molecule has 0 saturated heterocycles. The van der Waals surface area contributed by atoms with Gasteiger partial charge < -0.3 is 9.84 Å². The van der Waals surface area contributed by atoms with Crippen LogP contribution in [-0.4, -0.2) is 35.3 Å². The van der Waals surface area contributed by atoms with Gasteiger partial charge in [-0.3, -0.25) is 4.90 Å². The minimum atomic E-state index is -0.712. The Kier molecular flexibility index (Phi) is 6.70. The number of rotatable bonds is 8. The molecule has 0 spiro atoms. The molecule has 0 radical (unpaired) electrons. The molecule has 3 nitrogen and oxygen atoms in total. The third-order valence-electron chi connectivity index (χ3n) is 3.75. The molecule has 0 fully saturated rings. The molecular weight excluding hydrogens is 312 g/mol. The first-order chi connectivity index (χ1) is 11.5. The minimum Gasteiger partial charge on any atom is -0.491 e. The second-order valence-corrected chi connectivity index (χ2v) is 6.04. The van der Waals surface area contributed by atoms with Crippen molar-refractivity contribution in [2.45, 2.75) is 32.5 Å². The quantitative estimate of drug-likeness (QED) is 0.800. The van der Waals surface area contributed by atoms with Crippen LogP contribution in [0.1, 0.15) is 19.4 Å². The smallest absolute Gasteiger partial charge is 0.130 e. The number of hydrogen-bond acceptors (Lipinski definition) is 3. The largest absolute Gasteiger partial charge is 0.491 e. The fraction of sp³-hybridized carbons (Fsp3) is 0.368. The summed E-state index contributed by atoms with van der Waals surface area (Å²) in [5, 5.41) is 10.2. The number of benzene rings is 2. The van der Waals surface area contributed by atoms with Crippen molar-refractivity contribution in [3.8, 4) is 5.75 Å². The molecule has 1 N–H and O–H groups in total. The number of hydrogen-bond donors (Lipinski definition) is 1. The normalized spacial score (nSPS) is 12.6. The van der Waals surface area contributed by atoms with E-state index in [9.17, 15) is 13.9 Å². The van der Waals surface area contributed by atoms with Crippen molar-refractivity contribution in [3.63, 3.8) is 0 Å². The van der Waals surface area contributed by atoms with Gasteiger partial charge in [-0.05, 0) is 32.0 Å². The molecule has 0 aliphatic heterocycles. The number of aliphatic hydroxyl groups is 1. The Morgan fingerprint density at radius 3 is 2.42 bits per heavy atom. The zero-order chi connectivity index (χ0) is 17.5. The van der Waals surface area contributed by atoms with E-state index >= 15 is 0 Å². The summed E-state index contributed by atoms with van der Waals surface area (Å²) < 4.78 is 32.4. The van der Waals surface area contributed by atoms with E-state index in [0.717, 1.165) is 6.07 Å². The summed E-state index contributed by atoms with van der Waals surface area (Å²) in [5.74, 6) is -0.475. The summed E-state index contributed by atoms with van der Waals surface area (Å²) in [6, 6.07) is 12.9. The SMILES string of the molecule is CC(C)N(Cc1ccc(F)cc1F)CC(O)COc1ccccc1. The number of ether oxygens (including phenoxy) is 1. The van der Waals surface area contributed by atoms with Crippen LogP contribution < -0.4 is 4.74 Å². The average Bonchev–Trinajstić information content (AvgIpc) is 2.55. The second-order valence-electron chi connectivity index (χ2n) is 6.04. The Morgan fingerprint density at radius 2 is 1.79 bits per heavy atom. The van der Waals surface area contributed by atoms with Crippen molar-refractivity contribution < 1.29 is 18.6 Å². The summed E-state index contributed by atoms with van der Waals surface area (Å²) in [6.45, 7) is 4.71. The Balaban J connectivity index is 1.92. The van der Waals surface area contributed by atoms with Crippen LogP contribution in [0.4, 0.5) is 8.78 Å². The molecule has 5 heteroatoms. The monoisotopic (exact) mass is 335 g/mol. The molecule has 1 unspecified atom stereocenters. The van der Waals surface area contributed by atoms with Crippen LogP contribution in [0.3, 0.4) is 0 Å². The predicted molar refractivity (Wildman–Crippen MR) is 89.8 cm³/mol. The van der Waals surface area contributed by atoms with Crippen LogP contribution in [0.25, 0.3) is 0 Å². The molecule has 0 bridgehead atoms. The van der Waals surface area contributed by atoms with Crippen LogP contribution >= 0.6 is 0 Å². The summed E-state index contributed by atoms with van der Waals surface area (Å²) in [5.41, 5.74) is 0.404. The highest BCUT2D eigenvalue weighted by atomic mass is 19.1. The molecule has 0 aromatic heterocycles. The van der Waals surface area contributed by atoms with Crippen molar-refractivity contribution in [3.05, 3.63) is 65.7 Å². The number of nitrogens with zero attached hydrogens (tertiary/aromatic N) is 1. The van der Waals surface area contributed by atoms with E-state index in [1.807, 2.05) is 49.1 Å². The summed E-state index contributed by atoms with van der Waals surface area (Å²) >= 11 is 0. The Morgan fingerprint density at radius 1 is 1.08 bits per heavy atom. The van der Waals surface area contributed by atoms with Crippen molar-refractivity contribution in [1.82, 2.24) is 4.90 Å². The van der Waals surface area contributed by atoms with Gasteiger partial charge in [0.05, 0.1) is 0 Å². The second kappa shape index (κ2) is 8.76. The third-order valence-corrected chi connectivity index (χ3v) is 3.75. The zero-order valence-electron chi connectivity index (χ0n) is 14.0. The fourth-order valence-corrected chi connectivity index (χ4v) is 2.36. The van der Waals surface area contributed by atoms with Gasteiger partial charge >= 0.3 is 0 Å². The van der Waals surface area contributed by atoms with Gasteiger partial charge in [-0.2, -0.15) is 0 Å². The van der Waals surface area contributed by atoms with Crippen molar-refractivity contribution in [2.75, 3.05) is 13.2 Å². The Bertz CT molecular complexity index is 635. The van der Waals surface area contributed by atoms with Crippen LogP contribution in [-0.2, 0) is 6.54 Å². The van der Waals surface area contributed by atoms with Crippen LogP contribution in [0.5, 0.6) is 5.75 Å². The topological polar surface area (TPSA) is 32.7 Å². The van der Waals surface area contributed by atoms with Gasteiger partial charge in [0.25, 0.3) is 0 Å². The van der Waals surface area contributed by atoms with Gasteiger partial charge in [0, 0.05) is 30.8 Å². The van der Waals surface area contributed by atoms with E-state index in [0.29, 0.717) is 24.4 Å². The summed E-state index contributed by atoms with van der Waals surface area (Å²) in [7, 11) is 0. The maximum absolute atomic E-state index is 13.8. The van der Waals surface area contributed by atoms with E-state index in [4.69, 9.17) is 4.74 Å². The zero-order valence-corrected chi connectivity index (χ0v) is 14.0. The average molecular weight is 335 g/mol. The Labute approximate surface area is 141 Å². The van der Waals surface area contributed by atoms with Gasteiger partial charge in [0.15, 0.2) is 0 Å². The van der Waals surface area contributed by atoms with Gasteiger partial charge in [-0.25, -0.2) is 8.78 Å². The maximum Gasteiger partial charge on any atom is 0.130 e. The first-order valence-corrected chi connectivity index (χ1v) is 7.99. The number of halogens is 2. The minimum absolute atomic E-state index is 0.0980. The van der Waals surface area contributed by atoms with E-state index in [2.05, 4.69) is 0 Å². The van der Waals surface area contributed by atoms with Crippen molar-refractivity contribution >= 4 is 0 Å². The molecule has 1 atom stereocenters. The molecule has 0 saturated carbocycles. The first-order valence-electron chi connectivity index (χ1n) is 7.99. The van der Waals surface area contributed by atoms with Crippen LogP contribution in [0, 0.1) is 11.6 Å². The predicted octanol–water partition coefficient (Wildman–Crippen LogP) is 3.62. The lowest BCUT2D eigenvalue weighted by molar-refractivity contribution is 0.0538. The lowest BCUT2D eigenvalue weighted by Crippen LogP contribution is -2.39. The van der Waals surface area contributed by atoms with Gasteiger partial charge in [-0.1, -0.05) is 24.3 Å². The molecular formula is C19H23F2NO2. The van der Waals surface area contributed by atoms with Crippen LogP contribution in [0.2, 0.25) is 0 Å². The van der Waals surface area contributed by atoms with Crippen molar-refractivity contribution in [1.29, 1.82) is 0 Å². The molecule has 0 aliphatic rings. The van der Waals surface area contributed by atoms with E-state index in [-0.39, 0.29) is 12.6 Å². The van der Waals surface area contributed by atoms with E-state index in [1.165, 1.54) is 12.1 Å². The van der Waals surface area contributed by atoms with E-state index in [1.54, 1.807) is 0 Å². The summed E-state index contributed by atoms with van der Waals surface area (Å²) in [4.78, 5) is 1.93. The Hall–Kier alpha value is -1.98. The molecule has 2 rings (SSSR count). The highest BCUT2D eigenvalue weighted by Gasteiger charge is 2.17. The van der Waals surface area contributed by atoms with Crippen LogP contribution in [0.15, 0.2) is 48.5 Å². The van der Waals surface area contributed by atoms with Crippen molar-refractivity contribution in [2.24, 2.45) is 0 Å². The third kappa shape index (κ3) is 5.58. The maximum atomic E-state index is 13.8. The van der Waals surface area contributed by atoms with Gasteiger partial charge in [0.2, 0.25) is 0 Å². The lowest BCUT2D eigenvalue weighted by atomic mass is 10.1. The molecule has 0 heterocycles. The van der Waals surface area contributed by atoms with E-state index < -0.39 is 17.7 Å². The van der Waals surface area contributed by atoms with Gasteiger partial charge in [0.1, 0.15) is 30.1 Å².